The lowest BCUT2D eigenvalue weighted by Crippen LogP contribution is -2.31. The molecule has 25 heavy (non-hydrogen) atoms. The van der Waals surface area contributed by atoms with Crippen LogP contribution in [0.5, 0.6) is 5.75 Å². The third-order valence-electron chi connectivity index (χ3n) is 4.67. The molecule has 3 heterocycles. The number of nitrogens with zero attached hydrogens (tertiary/aromatic N) is 2. The standard InChI is InChI=1S/C18H20N4O3/c23-15-7-3-9-22(15)10-4-8-19-18(24)17-13-11-25-14-6-2-1-5-12(14)16(13)20-21-17/h1-2,5-6H,3-4,7-11H2,(H,19,24)(H,20,21). The van der Waals surface area contributed by atoms with Gasteiger partial charge in [0.25, 0.3) is 5.91 Å². The zero-order valence-electron chi connectivity index (χ0n) is 13.9. The molecule has 7 nitrogen and oxygen atoms in total. The number of carbonyl (C=O) groups is 2. The van der Waals surface area contributed by atoms with Crippen LogP contribution in [0.15, 0.2) is 24.3 Å². The summed E-state index contributed by atoms with van der Waals surface area (Å²) in [5.74, 6) is 0.804. The summed E-state index contributed by atoms with van der Waals surface area (Å²) in [6.45, 7) is 2.37. The zero-order valence-corrected chi connectivity index (χ0v) is 13.9. The Bertz CT molecular complexity index is 814. The maximum absolute atomic E-state index is 12.4. The summed E-state index contributed by atoms with van der Waals surface area (Å²) in [5, 5.41) is 10.0. The van der Waals surface area contributed by atoms with Crippen molar-refractivity contribution in [2.24, 2.45) is 0 Å². The lowest BCUT2D eigenvalue weighted by molar-refractivity contribution is -0.127. The summed E-state index contributed by atoms with van der Waals surface area (Å²) < 4.78 is 5.72. The number of hydrogen-bond donors (Lipinski definition) is 2. The van der Waals surface area contributed by atoms with Crippen molar-refractivity contribution in [3.05, 3.63) is 35.5 Å². The number of carbonyl (C=O) groups excluding carboxylic acids is 2. The number of likely N-dealkylation sites (tertiary alicyclic amines) is 1. The van der Waals surface area contributed by atoms with E-state index in [0.29, 0.717) is 31.8 Å². The van der Waals surface area contributed by atoms with Gasteiger partial charge in [-0.1, -0.05) is 12.1 Å². The summed E-state index contributed by atoms with van der Waals surface area (Å²) in [6, 6.07) is 7.66. The topological polar surface area (TPSA) is 87.3 Å². The van der Waals surface area contributed by atoms with E-state index in [1.807, 2.05) is 29.2 Å². The average molecular weight is 340 g/mol. The van der Waals surface area contributed by atoms with E-state index in [4.69, 9.17) is 4.74 Å². The number of fused-ring (bicyclic) bond motifs is 3. The van der Waals surface area contributed by atoms with Crippen molar-refractivity contribution in [3.8, 4) is 17.0 Å². The molecule has 130 valence electrons. The molecule has 1 fully saturated rings. The summed E-state index contributed by atoms with van der Waals surface area (Å²) >= 11 is 0. The predicted molar refractivity (Wildman–Crippen MR) is 91.1 cm³/mol. The smallest absolute Gasteiger partial charge is 0.269 e. The van der Waals surface area contributed by atoms with Crippen LogP contribution in [0.1, 0.15) is 35.3 Å². The van der Waals surface area contributed by atoms with Gasteiger partial charge in [0, 0.05) is 37.2 Å². The fourth-order valence-corrected chi connectivity index (χ4v) is 3.36. The van der Waals surface area contributed by atoms with Crippen LogP contribution in [0.3, 0.4) is 0 Å². The van der Waals surface area contributed by atoms with Gasteiger partial charge in [0.1, 0.15) is 23.7 Å². The molecule has 1 saturated heterocycles. The van der Waals surface area contributed by atoms with Gasteiger partial charge in [0.2, 0.25) is 5.91 Å². The highest BCUT2D eigenvalue weighted by atomic mass is 16.5. The van der Waals surface area contributed by atoms with Crippen LogP contribution in [0.4, 0.5) is 0 Å². The van der Waals surface area contributed by atoms with Crippen molar-refractivity contribution in [3.63, 3.8) is 0 Å². The van der Waals surface area contributed by atoms with E-state index in [2.05, 4.69) is 15.5 Å². The second kappa shape index (κ2) is 6.58. The van der Waals surface area contributed by atoms with Crippen molar-refractivity contribution >= 4 is 11.8 Å². The molecule has 0 saturated carbocycles. The number of hydrogen-bond acceptors (Lipinski definition) is 4. The third-order valence-corrected chi connectivity index (χ3v) is 4.67. The first-order valence-corrected chi connectivity index (χ1v) is 8.59. The van der Waals surface area contributed by atoms with Crippen LogP contribution in [0.2, 0.25) is 0 Å². The van der Waals surface area contributed by atoms with Gasteiger partial charge >= 0.3 is 0 Å². The minimum Gasteiger partial charge on any atom is -0.488 e. The van der Waals surface area contributed by atoms with Crippen molar-refractivity contribution in [2.75, 3.05) is 19.6 Å². The second-order valence-electron chi connectivity index (χ2n) is 6.30. The van der Waals surface area contributed by atoms with E-state index >= 15 is 0 Å². The Balaban J connectivity index is 1.37. The first-order valence-electron chi connectivity index (χ1n) is 8.59. The summed E-state index contributed by atoms with van der Waals surface area (Å²) in [6.07, 6.45) is 2.33. The number of H-pyrrole nitrogens is 1. The van der Waals surface area contributed by atoms with Crippen molar-refractivity contribution < 1.29 is 14.3 Å². The molecule has 4 rings (SSSR count). The first kappa shape index (κ1) is 15.7. The van der Waals surface area contributed by atoms with E-state index in [1.54, 1.807) is 0 Å². The Morgan fingerprint density at radius 1 is 1.36 bits per heavy atom. The lowest BCUT2D eigenvalue weighted by Gasteiger charge is -2.17. The van der Waals surface area contributed by atoms with Crippen molar-refractivity contribution in [1.29, 1.82) is 0 Å². The Morgan fingerprint density at radius 2 is 2.24 bits per heavy atom. The number of rotatable bonds is 5. The van der Waals surface area contributed by atoms with Crippen LogP contribution in [0.25, 0.3) is 11.3 Å². The maximum Gasteiger partial charge on any atom is 0.269 e. The molecule has 0 atom stereocenters. The van der Waals surface area contributed by atoms with E-state index < -0.39 is 0 Å². The zero-order chi connectivity index (χ0) is 17.2. The quantitative estimate of drug-likeness (QED) is 0.811. The molecular formula is C18H20N4O3. The molecule has 2 aliphatic heterocycles. The van der Waals surface area contributed by atoms with Gasteiger partial charge in [0.15, 0.2) is 0 Å². The summed E-state index contributed by atoms with van der Waals surface area (Å²) in [7, 11) is 0. The third kappa shape index (κ3) is 2.97. The highest BCUT2D eigenvalue weighted by molar-refractivity contribution is 5.96. The van der Waals surface area contributed by atoms with Gasteiger partial charge in [-0.2, -0.15) is 5.10 Å². The normalized spacial score (nSPS) is 15.5. The number of amides is 2. The Hall–Kier alpha value is -2.83. The SMILES string of the molecule is O=C(NCCCN1CCCC1=O)c1[nH]nc2c1COc1ccccc1-2. The molecule has 0 unspecified atom stereocenters. The minimum absolute atomic E-state index is 0.190. The number of ether oxygens (including phenoxy) is 1. The molecule has 1 aromatic heterocycles. The Morgan fingerprint density at radius 3 is 3.08 bits per heavy atom. The van der Waals surface area contributed by atoms with Gasteiger partial charge < -0.3 is 15.0 Å². The molecule has 2 aromatic rings. The lowest BCUT2D eigenvalue weighted by atomic mass is 10.0. The fraction of sp³-hybridized carbons (Fsp3) is 0.389. The predicted octanol–water partition coefficient (Wildman–Crippen LogP) is 1.71. The monoisotopic (exact) mass is 340 g/mol. The highest BCUT2D eigenvalue weighted by Gasteiger charge is 2.26. The average Bonchev–Trinajstić information content (AvgIpc) is 3.25. The first-order chi connectivity index (χ1) is 12.2. The van der Waals surface area contributed by atoms with E-state index in [1.165, 1.54) is 0 Å². The fourth-order valence-electron chi connectivity index (χ4n) is 3.36. The van der Waals surface area contributed by atoms with E-state index in [9.17, 15) is 9.59 Å². The second-order valence-corrected chi connectivity index (χ2v) is 6.30. The molecule has 2 N–H and O–H groups in total. The van der Waals surface area contributed by atoms with Crippen LogP contribution in [0, 0.1) is 0 Å². The highest BCUT2D eigenvalue weighted by Crippen LogP contribution is 2.36. The molecule has 0 bridgehead atoms. The Labute approximate surface area is 145 Å². The number of aromatic nitrogens is 2. The minimum atomic E-state index is -0.190. The van der Waals surface area contributed by atoms with Crippen LogP contribution in [-0.2, 0) is 11.4 Å². The van der Waals surface area contributed by atoms with Crippen molar-refractivity contribution in [1.82, 2.24) is 20.4 Å². The number of nitrogens with one attached hydrogen (secondary N) is 2. The number of benzene rings is 1. The molecule has 0 radical (unpaired) electrons. The van der Waals surface area contributed by atoms with E-state index in [-0.39, 0.29) is 11.8 Å². The van der Waals surface area contributed by atoms with Gasteiger partial charge in [-0.25, -0.2) is 0 Å². The van der Waals surface area contributed by atoms with Gasteiger partial charge in [-0.15, -0.1) is 0 Å². The molecule has 0 aliphatic carbocycles. The summed E-state index contributed by atoms with van der Waals surface area (Å²) in [4.78, 5) is 25.8. The molecule has 2 amide bonds. The largest absolute Gasteiger partial charge is 0.488 e. The number of aromatic amines is 1. The van der Waals surface area contributed by atoms with Gasteiger partial charge in [0.05, 0.1) is 0 Å². The van der Waals surface area contributed by atoms with E-state index in [0.717, 1.165) is 42.0 Å². The molecule has 1 aromatic carbocycles. The van der Waals surface area contributed by atoms with Crippen molar-refractivity contribution in [2.45, 2.75) is 25.9 Å². The van der Waals surface area contributed by atoms with Gasteiger partial charge in [-0.05, 0) is 25.0 Å². The van der Waals surface area contributed by atoms with Crippen LogP contribution in [-0.4, -0.2) is 46.5 Å². The molecule has 2 aliphatic rings. The molecule has 7 heteroatoms. The summed E-state index contributed by atoms with van der Waals surface area (Å²) in [5.41, 5.74) is 2.90. The van der Waals surface area contributed by atoms with Gasteiger partial charge in [-0.3, -0.25) is 14.7 Å². The number of para-hydroxylation sites is 1. The Kier molecular flexibility index (Phi) is 4.13. The molecule has 0 spiro atoms. The maximum atomic E-state index is 12.4. The van der Waals surface area contributed by atoms with Crippen LogP contribution >= 0.6 is 0 Å². The van der Waals surface area contributed by atoms with Crippen LogP contribution < -0.4 is 10.1 Å². The molecular weight excluding hydrogens is 320 g/mol.